The van der Waals surface area contributed by atoms with E-state index in [4.69, 9.17) is 21.1 Å². The maximum absolute atomic E-state index is 12.8. The number of anilines is 1. The molecule has 0 radical (unpaired) electrons. The molecule has 0 aliphatic heterocycles. The summed E-state index contributed by atoms with van der Waals surface area (Å²) in [5, 5.41) is 4.38. The van der Waals surface area contributed by atoms with Crippen molar-refractivity contribution in [1.82, 2.24) is 5.43 Å². The number of nitrogens with zero attached hydrogens (tertiary/aromatic N) is 1. The molecule has 5 rings (SSSR count). The highest BCUT2D eigenvalue weighted by molar-refractivity contribution is 7.92. The molecular formula is C34H24ClN3O7S. The molecule has 0 bridgehead atoms. The summed E-state index contributed by atoms with van der Waals surface area (Å²) in [5.41, 5.74) is 3.76. The Labute approximate surface area is 269 Å². The van der Waals surface area contributed by atoms with E-state index in [0.717, 1.165) is 0 Å². The third kappa shape index (κ3) is 8.23. The molecule has 0 heterocycles. The second kappa shape index (κ2) is 14.3. The summed E-state index contributed by atoms with van der Waals surface area (Å²) in [6, 6.07) is 32.5. The summed E-state index contributed by atoms with van der Waals surface area (Å²) in [5.74, 6) is -1.68. The van der Waals surface area contributed by atoms with E-state index in [1.165, 1.54) is 72.9 Å². The highest BCUT2D eigenvalue weighted by Gasteiger charge is 2.16. The number of rotatable bonds is 10. The lowest BCUT2D eigenvalue weighted by atomic mass is 10.2. The molecule has 0 spiro atoms. The van der Waals surface area contributed by atoms with Crippen molar-refractivity contribution < 1.29 is 32.3 Å². The zero-order valence-corrected chi connectivity index (χ0v) is 25.4. The Balaban J connectivity index is 1.28. The topological polar surface area (TPSA) is 140 Å². The molecule has 0 aromatic heterocycles. The van der Waals surface area contributed by atoms with E-state index in [9.17, 15) is 22.8 Å². The Bertz CT molecular complexity index is 2000. The Hall–Kier alpha value is -5.78. The first-order valence-corrected chi connectivity index (χ1v) is 15.4. The minimum absolute atomic E-state index is 0.0301. The predicted molar refractivity (Wildman–Crippen MR) is 173 cm³/mol. The maximum atomic E-state index is 12.8. The summed E-state index contributed by atoms with van der Waals surface area (Å²) in [4.78, 5) is 38.1. The van der Waals surface area contributed by atoms with Crippen LogP contribution in [0.3, 0.4) is 0 Å². The molecule has 0 aliphatic rings. The van der Waals surface area contributed by atoms with Crippen molar-refractivity contribution in [3.8, 4) is 11.5 Å². The molecule has 1 amide bonds. The smallest absolute Gasteiger partial charge is 0.343 e. The van der Waals surface area contributed by atoms with Crippen LogP contribution in [0.15, 0.2) is 137 Å². The molecule has 10 nitrogen and oxygen atoms in total. The maximum Gasteiger partial charge on any atom is 0.343 e. The van der Waals surface area contributed by atoms with Crippen LogP contribution >= 0.6 is 11.6 Å². The van der Waals surface area contributed by atoms with Gasteiger partial charge in [0.1, 0.15) is 11.5 Å². The van der Waals surface area contributed by atoms with Gasteiger partial charge in [-0.2, -0.15) is 5.10 Å². The van der Waals surface area contributed by atoms with Crippen LogP contribution in [0.4, 0.5) is 5.69 Å². The number of ether oxygens (including phenoxy) is 2. The van der Waals surface area contributed by atoms with Gasteiger partial charge < -0.3 is 9.47 Å². The van der Waals surface area contributed by atoms with E-state index in [1.807, 2.05) is 0 Å². The summed E-state index contributed by atoms with van der Waals surface area (Å²) >= 11 is 5.83. The van der Waals surface area contributed by atoms with Gasteiger partial charge in [-0.05, 0) is 84.9 Å². The molecule has 0 saturated heterocycles. The standard InChI is InChI=1S/C34H24ClN3O7S/c35-27-14-19-30(20-15-27)46(42,43)38-28-16-11-23(12-17-28)32(39)37-36-22-26-13-18-29(44-33(40)24-7-3-1-4-8-24)21-31(26)45-34(41)25-9-5-2-6-10-25/h1-22,38H,(H,37,39)/b36-22-. The molecule has 46 heavy (non-hydrogen) atoms. The zero-order chi connectivity index (χ0) is 32.5. The largest absolute Gasteiger partial charge is 0.423 e. The first kappa shape index (κ1) is 31.6. The minimum Gasteiger partial charge on any atom is -0.423 e. The number of amides is 1. The lowest BCUT2D eigenvalue weighted by Gasteiger charge is -2.11. The van der Waals surface area contributed by atoms with Gasteiger partial charge in [0.25, 0.3) is 15.9 Å². The van der Waals surface area contributed by atoms with Gasteiger partial charge in [0, 0.05) is 27.9 Å². The summed E-state index contributed by atoms with van der Waals surface area (Å²) in [6.07, 6.45) is 1.27. The Morgan fingerprint density at radius 2 is 1.26 bits per heavy atom. The number of carbonyl (C=O) groups excluding carboxylic acids is 3. The van der Waals surface area contributed by atoms with E-state index in [1.54, 1.807) is 60.7 Å². The highest BCUT2D eigenvalue weighted by atomic mass is 35.5. The normalized spacial score (nSPS) is 11.1. The van der Waals surface area contributed by atoms with E-state index in [-0.39, 0.29) is 27.6 Å². The minimum atomic E-state index is -3.86. The van der Waals surface area contributed by atoms with Crippen LogP contribution in [-0.2, 0) is 10.0 Å². The monoisotopic (exact) mass is 653 g/mol. The summed E-state index contributed by atoms with van der Waals surface area (Å²) in [7, 11) is -3.86. The average molecular weight is 654 g/mol. The fourth-order valence-corrected chi connectivity index (χ4v) is 5.17. The van der Waals surface area contributed by atoms with Gasteiger partial charge in [-0.15, -0.1) is 0 Å². The van der Waals surface area contributed by atoms with Crippen LogP contribution < -0.4 is 19.6 Å². The van der Waals surface area contributed by atoms with E-state index in [2.05, 4.69) is 15.2 Å². The number of benzene rings is 5. The van der Waals surface area contributed by atoms with E-state index in [0.29, 0.717) is 21.7 Å². The Kier molecular flexibility index (Phi) is 9.86. The Morgan fingerprint density at radius 3 is 1.87 bits per heavy atom. The quantitative estimate of drug-likeness (QED) is 0.0775. The number of nitrogens with one attached hydrogen (secondary N) is 2. The van der Waals surface area contributed by atoms with Gasteiger partial charge in [0.15, 0.2) is 0 Å². The van der Waals surface area contributed by atoms with Gasteiger partial charge in [0.2, 0.25) is 0 Å². The predicted octanol–water partition coefficient (Wildman–Crippen LogP) is 6.34. The molecule has 0 atom stereocenters. The second-order valence-corrected chi connectivity index (χ2v) is 11.7. The average Bonchev–Trinajstić information content (AvgIpc) is 3.06. The number of sulfonamides is 1. The third-order valence-electron chi connectivity index (χ3n) is 6.31. The number of esters is 2. The molecule has 5 aromatic rings. The van der Waals surface area contributed by atoms with Crippen molar-refractivity contribution in [3.63, 3.8) is 0 Å². The van der Waals surface area contributed by atoms with Crippen LogP contribution in [0.2, 0.25) is 5.02 Å². The number of hydrogen-bond acceptors (Lipinski definition) is 8. The number of hydrogen-bond donors (Lipinski definition) is 2. The van der Waals surface area contributed by atoms with E-state index >= 15 is 0 Å². The third-order valence-corrected chi connectivity index (χ3v) is 7.96. The molecule has 0 aliphatic carbocycles. The van der Waals surface area contributed by atoms with Gasteiger partial charge in [0.05, 0.1) is 22.2 Å². The van der Waals surface area contributed by atoms with E-state index < -0.39 is 27.9 Å². The lowest BCUT2D eigenvalue weighted by molar-refractivity contribution is 0.0731. The van der Waals surface area contributed by atoms with Crippen molar-refractivity contribution in [2.45, 2.75) is 4.90 Å². The van der Waals surface area contributed by atoms with Crippen LogP contribution in [0.25, 0.3) is 0 Å². The van der Waals surface area contributed by atoms with Gasteiger partial charge in [-0.1, -0.05) is 48.0 Å². The molecule has 0 fully saturated rings. The second-order valence-electron chi connectivity index (χ2n) is 9.55. The fraction of sp³-hybridized carbons (Fsp3) is 0. The van der Waals surface area contributed by atoms with Crippen molar-refractivity contribution in [2.75, 3.05) is 4.72 Å². The molecular weight excluding hydrogens is 630 g/mol. The van der Waals surface area contributed by atoms with Crippen molar-refractivity contribution in [1.29, 1.82) is 0 Å². The lowest BCUT2D eigenvalue weighted by Crippen LogP contribution is -2.18. The van der Waals surface area contributed by atoms with Crippen molar-refractivity contribution in [3.05, 3.63) is 155 Å². The van der Waals surface area contributed by atoms with Crippen LogP contribution in [-0.4, -0.2) is 32.5 Å². The molecule has 0 saturated carbocycles. The van der Waals surface area contributed by atoms with Gasteiger partial charge >= 0.3 is 11.9 Å². The zero-order valence-electron chi connectivity index (χ0n) is 23.8. The molecule has 230 valence electrons. The van der Waals surface area contributed by atoms with Crippen LogP contribution in [0.1, 0.15) is 36.6 Å². The number of halogens is 1. The van der Waals surface area contributed by atoms with Gasteiger partial charge in [-0.25, -0.2) is 23.4 Å². The molecule has 2 N–H and O–H groups in total. The first-order chi connectivity index (χ1) is 22.2. The Morgan fingerprint density at radius 1 is 0.674 bits per heavy atom. The molecule has 12 heteroatoms. The number of carbonyl (C=O) groups is 3. The summed E-state index contributed by atoms with van der Waals surface area (Å²) < 4.78 is 38.7. The van der Waals surface area contributed by atoms with Crippen LogP contribution in [0.5, 0.6) is 11.5 Å². The van der Waals surface area contributed by atoms with Crippen LogP contribution in [0, 0.1) is 0 Å². The first-order valence-electron chi connectivity index (χ1n) is 13.6. The van der Waals surface area contributed by atoms with Crippen molar-refractivity contribution >= 4 is 51.4 Å². The number of hydrazone groups is 1. The van der Waals surface area contributed by atoms with Gasteiger partial charge in [-0.3, -0.25) is 9.52 Å². The molecule has 0 unspecified atom stereocenters. The fourth-order valence-electron chi connectivity index (χ4n) is 3.99. The van der Waals surface area contributed by atoms with Crippen molar-refractivity contribution in [2.24, 2.45) is 5.10 Å². The highest BCUT2D eigenvalue weighted by Crippen LogP contribution is 2.26. The SMILES string of the molecule is O=C(N/N=C\c1ccc(OC(=O)c2ccccc2)cc1OC(=O)c1ccccc1)c1ccc(NS(=O)(=O)c2ccc(Cl)cc2)cc1. The summed E-state index contributed by atoms with van der Waals surface area (Å²) in [6.45, 7) is 0. The molecule has 5 aromatic carbocycles.